The number of azide groups is 1. The lowest BCUT2D eigenvalue weighted by molar-refractivity contribution is -0.152. The maximum Gasteiger partial charge on any atom is 0.459 e. The van der Waals surface area contributed by atoms with Crippen LogP contribution in [0.4, 0.5) is 4.39 Å². The lowest BCUT2D eigenvalue weighted by Crippen LogP contribution is -2.52. The largest absolute Gasteiger partial charge is 0.461 e. The maximum atomic E-state index is 15.7. The van der Waals surface area contributed by atoms with Gasteiger partial charge < -0.3 is 35.1 Å². The molecular formula is C26H35FN9O7P. The number of esters is 1. The fourth-order valence-electron chi connectivity index (χ4n) is 5.40. The van der Waals surface area contributed by atoms with E-state index in [1.165, 1.54) is 30.3 Å². The normalized spacial score (nSPS) is 32.1. The summed E-state index contributed by atoms with van der Waals surface area (Å²) in [4.78, 5) is 25.4. The highest BCUT2D eigenvalue weighted by atomic mass is 31.2. The van der Waals surface area contributed by atoms with E-state index < -0.39 is 62.8 Å². The Kier molecular flexibility index (Phi) is 9.44. The lowest BCUT2D eigenvalue weighted by atomic mass is 9.98. The Bertz CT molecular complexity index is 1390. The number of aliphatic hydroxyl groups excluding tert-OH is 1. The van der Waals surface area contributed by atoms with Gasteiger partial charge in [0.2, 0.25) is 5.72 Å². The first kappa shape index (κ1) is 31.7. The van der Waals surface area contributed by atoms with Crippen LogP contribution in [-0.4, -0.2) is 83.5 Å². The molecule has 18 heteroatoms. The van der Waals surface area contributed by atoms with E-state index in [0.29, 0.717) is 5.70 Å². The zero-order valence-corrected chi connectivity index (χ0v) is 24.8. The Morgan fingerprint density at radius 3 is 2.84 bits per heavy atom. The molecule has 238 valence electrons. The lowest BCUT2D eigenvalue weighted by Gasteiger charge is -2.34. The molecule has 4 unspecified atom stereocenters. The first-order valence-corrected chi connectivity index (χ1v) is 15.7. The van der Waals surface area contributed by atoms with Crippen LogP contribution in [0.1, 0.15) is 39.0 Å². The molecule has 1 saturated heterocycles. The monoisotopic (exact) mass is 635 g/mol. The molecule has 0 amide bonds. The number of aliphatic imine (C=N–C) groups is 2. The number of benzene rings is 1. The first-order valence-electron chi connectivity index (χ1n) is 14.2. The van der Waals surface area contributed by atoms with Crippen molar-refractivity contribution in [3.63, 3.8) is 0 Å². The topological polar surface area (TPSA) is 218 Å². The van der Waals surface area contributed by atoms with Gasteiger partial charge in [-0.1, -0.05) is 36.3 Å². The van der Waals surface area contributed by atoms with Crippen molar-refractivity contribution in [2.24, 2.45) is 20.8 Å². The summed E-state index contributed by atoms with van der Waals surface area (Å²) in [5.41, 5.74) is 13.2. The van der Waals surface area contributed by atoms with Gasteiger partial charge in [0.15, 0.2) is 24.5 Å². The van der Waals surface area contributed by atoms with Gasteiger partial charge in [0, 0.05) is 10.6 Å². The predicted octanol–water partition coefficient (Wildman–Crippen LogP) is 2.58. The van der Waals surface area contributed by atoms with Crippen LogP contribution >= 0.6 is 7.75 Å². The quantitative estimate of drug-likeness (QED) is 0.0910. The summed E-state index contributed by atoms with van der Waals surface area (Å²) in [5.74, 6) is -0.537. The Hall–Kier alpha value is -3.72. The Labute approximate surface area is 252 Å². The minimum absolute atomic E-state index is 0.0200. The summed E-state index contributed by atoms with van der Waals surface area (Å²) in [6, 6.07) is 6.18. The van der Waals surface area contributed by atoms with E-state index in [2.05, 4.69) is 37.0 Å². The maximum absolute atomic E-state index is 15.7. The van der Waals surface area contributed by atoms with Gasteiger partial charge in [-0.2, -0.15) is 5.09 Å². The third-order valence-corrected chi connectivity index (χ3v) is 9.31. The van der Waals surface area contributed by atoms with Gasteiger partial charge in [-0.15, -0.1) is 0 Å². The SMILES string of the molecule is C=C1NC(N)=NC2C1N=CN2[C@@H]1O[C@@](COP(=O)(NC(C)C(=O)OC2CCCCC2)Oc2ccccc2)(N=[N+]=[N-])[C@@H](O)[C@H]1F. The third-order valence-electron chi connectivity index (χ3n) is 7.68. The molecule has 8 atom stereocenters. The van der Waals surface area contributed by atoms with Gasteiger partial charge in [-0.05, 0) is 50.3 Å². The van der Waals surface area contributed by atoms with Crippen molar-refractivity contribution in [3.05, 3.63) is 53.1 Å². The summed E-state index contributed by atoms with van der Waals surface area (Å²) < 4.78 is 52.5. The highest BCUT2D eigenvalue weighted by molar-refractivity contribution is 7.52. The van der Waals surface area contributed by atoms with Crippen molar-refractivity contribution < 1.29 is 37.4 Å². The molecule has 5 rings (SSSR count). The molecule has 44 heavy (non-hydrogen) atoms. The van der Waals surface area contributed by atoms with Crippen molar-refractivity contribution in [2.75, 3.05) is 6.61 Å². The first-order chi connectivity index (χ1) is 21.0. The molecule has 1 aromatic carbocycles. The Morgan fingerprint density at radius 2 is 2.14 bits per heavy atom. The van der Waals surface area contributed by atoms with E-state index in [1.807, 2.05) is 0 Å². The van der Waals surface area contributed by atoms with Crippen LogP contribution in [0, 0.1) is 0 Å². The van der Waals surface area contributed by atoms with Gasteiger partial charge in [0.05, 0.1) is 12.9 Å². The summed E-state index contributed by atoms with van der Waals surface area (Å²) in [7, 11) is -4.50. The van der Waals surface area contributed by atoms with E-state index in [9.17, 15) is 20.0 Å². The summed E-state index contributed by atoms with van der Waals surface area (Å²) in [5, 5.41) is 19.8. The second kappa shape index (κ2) is 13.1. The molecule has 1 aliphatic carbocycles. The number of nitrogens with two attached hydrogens (primary N) is 1. The van der Waals surface area contributed by atoms with Gasteiger partial charge in [0.1, 0.15) is 30.0 Å². The number of carbonyl (C=O) groups is 1. The average Bonchev–Trinajstić information content (AvgIpc) is 3.52. The van der Waals surface area contributed by atoms with Crippen LogP contribution in [-0.2, 0) is 23.4 Å². The van der Waals surface area contributed by atoms with Crippen LogP contribution in [0.15, 0.2) is 57.7 Å². The molecule has 4 aliphatic rings. The van der Waals surface area contributed by atoms with Crippen LogP contribution in [0.25, 0.3) is 10.4 Å². The van der Waals surface area contributed by atoms with Gasteiger partial charge in [0.25, 0.3) is 0 Å². The van der Waals surface area contributed by atoms with E-state index in [-0.39, 0.29) is 17.8 Å². The zero-order chi connectivity index (χ0) is 31.5. The van der Waals surface area contributed by atoms with Crippen molar-refractivity contribution in [1.82, 2.24) is 15.3 Å². The summed E-state index contributed by atoms with van der Waals surface area (Å²) in [6.07, 6.45) is -1.24. The highest BCUT2D eigenvalue weighted by Crippen LogP contribution is 2.48. The van der Waals surface area contributed by atoms with Gasteiger partial charge >= 0.3 is 13.7 Å². The van der Waals surface area contributed by atoms with Gasteiger partial charge in [-0.3, -0.25) is 14.3 Å². The second-order valence-electron chi connectivity index (χ2n) is 10.9. The molecule has 5 N–H and O–H groups in total. The van der Waals surface area contributed by atoms with Crippen molar-refractivity contribution in [2.45, 2.75) is 87.6 Å². The third kappa shape index (κ3) is 6.67. The van der Waals surface area contributed by atoms with E-state index in [0.717, 1.165) is 32.1 Å². The number of hydrogen-bond acceptors (Lipinski definition) is 13. The molecule has 0 spiro atoms. The Balaban J connectivity index is 1.35. The summed E-state index contributed by atoms with van der Waals surface area (Å²) >= 11 is 0. The number of ether oxygens (including phenoxy) is 2. The predicted molar refractivity (Wildman–Crippen MR) is 156 cm³/mol. The van der Waals surface area contributed by atoms with Crippen LogP contribution in [0.2, 0.25) is 0 Å². The standard InChI is InChI=1S/C26H35FN9O7P/c1-15-20-22(32-25(28)31-15)36(14-30-20)23-19(27)21(37)26(42-23,34-35-29)13-40-44(39,43-18-11-7-4-8-12-18)33-16(2)24(38)41-17-9-5-3-6-10-17/h4,7-8,11-12,14,16-17,19-23,37H,1,3,5-6,9-10,13H2,2H3,(H,33,39)(H3,28,31,32)/t16?,19-,20?,21+,22?,23-,26-,44?/m1/s1. The average molecular weight is 636 g/mol. The smallest absolute Gasteiger partial charge is 0.459 e. The van der Waals surface area contributed by atoms with Crippen molar-refractivity contribution in [1.29, 1.82) is 0 Å². The molecule has 3 heterocycles. The minimum Gasteiger partial charge on any atom is -0.461 e. The summed E-state index contributed by atoms with van der Waals surface area (Å²) in [6.45, 7) is 4.34. The molecule has 0 bridgehead atoms. The van der Waals surface area contributed by atoms with Crippen LogP contribution < -0.4 is 20.7 Å². The Morgan fingerprint density at radius 1 is 1.41 bits per heavy atom. The van der Waals surface area contributed by atoms with E-state index in [4.69, 9.17) is 24.3 Å². The molecule has 1 saturated carbocycles. The molecule has 16 nitrogen and oxygen atoms in total. The number of rotatable bonds is 11. The number of nitrogens with one attached hydrogen (secondary N) is 2. The second-order valence-corrected chi connectivity index (χ2v) is 12.6. The highest BCUT2D eigenvalue weighted by Gasteiger charge is 2.60. The molecule has 1 aromatic rings. The molecular weight excluding hydrogens is 600 g/mol. The number of hydrogen-bond donors (Lipinski definition) is 4. The molecule has 2 fully saturated rings. The van der Waals surface area contributed by atoms with E-state index in [1.54, 1.807) is 18.2 Å². The molecule has 3 aliphatic heterocycles. The number of aliphatic hydroxyl groups is 1. The fraction of sp³-hybridized carbons (Fsp3) is 0.577. The van der Waals surface area contributed by atoms with Crippen molar-refractivity contribution >= 4 is 26.0 Å². The number of guanidine groups is 1. The number of halogens is 1. The number of alkyl halides is 1. The minimum atomic E-state index is -4.50. The number of para-hydroxylation sites is 1. The zero-order valence-electron chi connectivity index (χ0n) is 23.9. The van der Waals surface area contributed by atoms with Crippen LogP contribution in [0.5, 0.6) is 5.75 Å². The number of fused-ring (bicyclic) bond motifs is 1. The molecule has 0 radical (unpaired) electrons. The van der Waals surface area contributed by atoms with E-state index >= 15 is 4.39 Å². The fourth-order valence-corrected chi connectivity index (χ4v) is 6.91. The molecule has 0 aromatic heterocycles. The van der Waals surface area contributed by atoms with Gasteiger partial charge in [-0.25, -0.2) is 13.9 Å². The van der Waals surface area contributed by atoms with Crippen molar-refractivity contribution in [3.8, 4) is 5.75 Å². The number of carbonyl (C=O) groups excluding carboxylic acids is 1. The number of nitrogens with zero attached hydrogens (tertiary/aromatic N) is 6. The van der Waals surface area contributed by atoms with Crippen LogP contribution in [0.3, 0.4) is 0 Å².